The third-order valence-corrected chi connectivity index (χ3v) is 5.26. The van der Waals surface area contributed by atoms with Gasteiger partial charge in [0.15, 0.2) is 5.96 Å². The van der Waals surface area contributed by atoms with Crippen molar-refractivity contribution in [3.8, 4) is 0 Å². The molecule has 2 fully saturated rings. The van der Waals surface area contributed by atoms with E-state index < -0.39 is 0 Å². The first-order valence-electron chi connectivity index (χ1n) is 10.0. The molecule has 0 aromatic carbocycles. The summed E-state index contributed by atoms with van der Waals surface area (Å²) in [6.45, 7) is 8.56. The Balaban J connectivity index is 0.00000338. The molecule has 26 heavy (non-hydrogen) atoms. The maximum atomic E-state index is 11.9. The second-order valence-electron chi connectivity index (χ2n) is 7.44. The van der Waals surface area contributed by atoms with E-state index in [2.05, 4.69) is 29.5 Å². The molecule has 0 radical (unpaired) electrons. The highest BCUT2D eigenvalue weighted by atomic mass is 127. The van der Waals surface area contributed by atoms with Gasteiger partial charge in [-0.05, 0) is 71.9 Å². The van der Waals surface area contributed by atoms with Crippen LogP contribution in [0.15, 0.2) is 4.99 Å². The number of nitrogens with one attached hydrogen (secondary N) is 2. The van der Waals surface area contributed by atoms with Gasteiger partial charge < -0.3 is 20.3 Å². The van der Waals surface area contributed by atoms with E-state index in [0.29, 0.717) is 18.6 Å². The minimum atomic E-state index is -0.0251. The number of ether oxygens (including phenoxy) is 1. The minimum absolute atomic E-state index is 0. The summed E-state index contributed by atoms with van der Waals surface area (Å²) in [6.07, 6.45) is 6.36. The van der Waals surface area contributed by atoms with Gasteiger partial charge in [-0.15, -0.1) is 24.0 Å². The lowest BCUT2D eigenvalue weighted by Gasteiger charge is -2.30. The molecule has 0 spiro atoms. The van der Waals surface area contributed by atoms with Crippen LogP contribution in [0.1, 0.15) is 52.4 Å². The first-order valence-corrected chi connectivity index (χ1v) is 10.0. The number of carbonyl (C=O) groups is 1. The van der Waals surface area contributed by atoms with Gasteiger partial charge in [-0.3, -0.25) is 9.79 Å². The largest absolute Gasteiger partial charge is 0.466 e. The van der Waals surface area contributed by atoms with E-state index in [9.17, 15) is 4.79 Å². The molecule has 7 heteroatoms. The fourth-order valence-electron chi connectivity index (χ4n) is 3.89. The van der Waals surface area contributed by atoms with Crippen molar-refractivity contribution in [1.82, 2.24) is 15.5 Å². The zero-order valence-electron chi connectivity index (χ0n) is 16.6. The standard InChI is InChI=1S/C19H36N4O2.HI/c1-4-20-19(21-13-15-7-6-12-23(3)14-15)22-17-10-8-16(9-11-17)18(24)25-5-2;/h15-17H,4-14H2,1-3H3,(H2,20,21,22);1H. The number of esters is 1. The fourth-order valence-corrected chi connectivity index (χ4v) is 3.89. The number of piperidine rings is 1. The Labute approximate surface area is 175 Å². The molecule has 1 atom stereocenters. The number of hydrogen-bond acceptors (Lipinski definition) is 4. The Morgan fingerprint density at radius 2 is 1.92 bits per heavy atom. The third kappa shape index (κ3) is 7.98. The molecule has 0 amide bonds. The Kier molecular flexibility index (Phi) is 11.5. The van der Waals surface area contributed by atoms with E-state index in [1.165, 1.54) is 19.4 Å². The van der Waals surface area contributed by atoms with Crippen LogP contribution in [-0.4, -0.2) is 62.7 Å². The average molecular weight is 480 g/mol. The van der Waals surface area contributed by atoms with E-state index in [0.717, 1.165) is 51.3 Å². The second kappa shape index (κ2) is 12.8. The monoisotopic (exact) mass is 480 g/mol. The number of guanidine groups is 1. The van der Waals surface area contributed by atoms with Crippen molar-refractivity contribution in [2.75, 3.05) is 39.8 Å². The number of likely N-dealkylation sites (tertiary alicyclic amines) is 1. The van der Waals surface area contributed by atoms with Crippen LogP contribution < -0.4 is 10.6 Å². The summed E-state index contributed by atoms with van der Waals surface area (Å²) in [5, 5.41) is 6.94. The molecule has 1 aliphatic heterocycles. The molecule has 2 rings (SSSR count). The van der Waals surface area contributed by atoms with Crippen molar-refractivity contribution in [3.05, 3.63) is 0 Å². The molecule has 2 N–H and O–H groups in total. The first-order chi connectivity index (χ1) is 12.1. The molecule has 0 aromatic rings. The third-order valence-electron chi connectivity index (χ3n) is 5.26. The number of hydrogen-bond donors (Lipinski definition) is 2. The maximum Gasteiger partial charge on any atom is 0.308 e. The normalized spacial score (nSPS) is 27.3. The molecule has 0 aromatic heterocycles. The molecule has 1 aliphatic carbocycles. The van der Waals surface area contributed by atoms with Gasteiger partial charge in [0.05, 0.1) is 12.5 Å². The molecule has 0 bridgehead atoms. The predicted octanol–water partition coefficient (Wildman–Crippen LogP) is 2.62. The molecule has 1 saturated heterocycles. The number of aliphatic imine (C=N–C) groups is 1. The van der Waals surface area contributed by atoms with Gasteiger partial charge in [-0.25, -0.2) is 0 Å². The summed E-state index contributed by atoms with van der Waals surface area (Å²) in [5.41, 5.74) is 0. The fraction of sp³-hybridized carbons (Fsp3) is 0.895. The number of halogens is 1. The van der Waals surface area contributed by atoms with Crippen molar-refractivity contribution in [1.29, 1.82) is 0 Å². The molecule has 1 heterocycles. The lowest BCUT2D eigenvalue weighted by atomic mass is 9.86. The van der Waals surface area contributed by atoms with E-state index in [1.54, 1.807) is 0 Å². The van der Waals surface area contributed by atoms with Crippen LogP contribution in [0.25, 0.3) is 0 Å². The summed E-state index contributed by atoms with van der Waals surface area (Å²) < 4.78 is 5.15. The Hall–Kier alpha value is -0.570. The lowest BCUT2D eigenvalue weighted by Crippen LogP contribution is -2.45. The van der Waals surface area contributed by atoms with Gasteiger partial charge in [0.1, 0.15) is 0 Å². The summed E-state index contributed by atoms with van der Waals surface area (Å²) in [6, 6.07) is 0.400. The van der Waals surface area contributed by atoms with Gasteiger partial charge in [-0.2, -0.15) is 0 Å². The van der Waals surface area contributed by atoms with Gasteiger partial charge in [0, 0.05) is 25.7 Å². The first kappa shape index (κ1) is 23.5. The van der Waals surface area contributed by atoms with Crippen molar-refractivity contribution < 1.29 is 9.53 Å². The molecule has 152 valence electrons. The molecule has 2 aliphatic rings. The van der Waals surface area contributed by atoms with Crippen molar-refractivity contribution in [2.45, 2.75) is 58.4 Å². The maximum absolute atomic E-state index is 11.9. The zero-order chi connectivity index (χ0) is 18.1. The summed E-state index contributed by atoms with van der Waals surface area (Å²) in [4.78, 5) is 19.1. The number of carbonyl (C=O) groups excluding carboxylic acids is 1. The SMILES string of the molecule is CCNC(=NCC1CCCN(C)C1)NC1CCC(C(=O)OCC)CC1.I. The highest BCUT2D eigenvalue weighted by Gasteiger charge is 2.27. The summed E-state index contributed by atoms with van der Waals surface area (Å²) in [5.74, 6) is 1.64. The van der Waals surface area contributed by atoms with Crippen molar-refractivity contribution in [2.24, 2.45) is 16.8 Å². The van der Waals surface area contributed by atoms with Crippen LogP contribution >= 0.6 is 24.0 Å². The van der Waals surface area contributed by atoms with E-state index in [1.807, 2.05) is 6.92 Å². The summed E-state index contributed by atoms with van der Waals surface area (Å²) in [7, 11) is 2.20. The Morgan fingerprint density at radius 3 is 2.54 bits per heavy atom. The van der Waals surface area contributed by atoms with Crippen LogP contribution in [0, 0.1) is 11.8 Å². The highest BCUT2D eigenvalue weighted by molar-refractivity contribution is 14.0. The van der Waals surface area contributed by atoms with Gasteiger partial charge in [0.2, 0.25) is 0 Å². The van der Waals surface area contributed by atoms with Crippen LogP contribution in [-0.2, 0) is 9.53 Å². The molecular weight excluding hydrogens is 443 g/mol. The predicted molar refractivity (Wildman–Crippen MR) is 117 cm³/mol. The smallest absolute Gasteiger partial charge is 0.308 e. The minimum Gasteiger partial charge on any atom is -0.466 e. The van der Waals surface area contributed by atoms with Crippen LogP contribution in [0.3, 0.4) is 0 Å². The van der Waals surface area contributed by atoms with Crippen LogP contribution in [0.4, 0.5) is 0 Å². The molecule has 1 saturated carbocycles. The number of rotatable bonds is 6. The quantitative estimate of drug-likeness (QED) is 0.265. The Morgan fingerprint density at radius 1 is 1.19 bits per heavy atom. The van der Waals surface area contributed by atoms with E-state index in [-0.39, 0.29) is 35.9 Å². The van der Waals surface area contributed by atoms with Crippen molar-refractivity contribution in [3.63, 3.8) is 0 Å². The average Bonchev–Trinajstić information content (AvgIpc) is 2.61. The van der Waals surface area contributed by atoms with Crippen LogP contribution in [0.2, 0.25) is 0 Å². The molecular formula is C19H37IN4O2. The van der Waals surface area contributed by atoms with Gasteiger partial charge >= 0.3 is 5.97 Å². The highest BCUT2D eigenvalue weighted by Crippen LogP contribution is 2.25. The van der Waals surface area contributed by atoms with E-state index in [4.69, 9.17) is 9.73 Å². The van der Waals surface area contributed by atoms with Crippen LogP contribution in [0.5, 0.6) is 0 Å². The zero-order valence-corrected chi connectivity index (χ0v) is 19.0. The molecule has 1 unspecified atom stereocenters. The van der Waals surface area contributed by atoms with E-state index >= 15 is 0 Å². The van der Waals surface area contributed by atoms with Crippen molar-refractivity contribution >= 4 is 35.9 Å². The lowest BCUT2D eigenvalue weighted by molar-refractivity contribution is -0.149. The number of nitrogens with zero attached hydrogens (tertiary/aromatic N) is 2. The Bertz CT molecular complexity index is 439. The second-order valence-corrected chi connectivity index (χ2v) is 7.44. The molecule has 6 nitrogen and oxygen atoms in total. The topological polar surface area (TPSA) is 66.0 Å². The summed E-state index contributed by atoms with van der Waals surface area (Å²) >= 11 is 0. The van der Waals surface area contributed by atoms with Gasteiger partial charge in [0.25, 0.3) is 0 Å². The van der Waals surface area contributed by atoms with Gasteiger partial charge in [-0.1, -0.05) is 0 Å².